The molecule has 14 nitrogen and oxygen atoms in total. The van der Waals surface area contributed by atoms with E-state index in [1.165, 1.54) is 24.7 Å². The third kappa shape index (κ3) is 6.60. The summed E-state index contributed by atoms with van der Waals surface area (Å²) in [5, 5.41) is 19.2. The van der Waals surface area contributed by atoms with Gasteiger partial charge in [-0.05, 0) is 39.8 Å². The van der Waals surface area contributed by atoms with E-state index >= 15 is 4.39 Å². The number of nitrogens with zero attached hydrogens (tertiary/aromatic N) is 4. The van der Waals surface area contributed by atoms with Gasteiger partial charge in [0.15, 0.2) is 28.9 Å². The Hall–Kier alpha value is -3.36. The van der Waals surface area contributed by atoms with Gasteiger partial charge in [0.25, 0.3) is 0 Å². The Kier molecular flexibility index (Phi) is 9.14. The molecule has 6 atom stereocenters. The van der Waals surface area contributed by atoms with E-state index in [0.29, 0.717) is 11.3 Å². The fourth-order valence-electron chi connectivity index (χ4n) is 4.23. The van der Waals surface area contributed by atoms with Crippen molar-refractivity contribution in [2.45, 2.75) is 63.9 Å². The maximum absolute atomic E-state index is 16.0. The van der Waals surface area contributed by atoms with Gasteiger partial charge in [-0.1, -0.05) is 18.2 Å². The van der Waals surface area contributed by atoms with E-state index in [4.69, 9.17) is 18.5 Å². The molecule has 0 saturated carbocycles. The fraction of sp³-hybridized carbons (Fsp3) is 0.520. The molecule has 1 unspecified atom stereocenters. The molecule has 1 aliphatic heterocycles. The Morgan fingerprint density at radius 1 is 1.22 bits per heavy atom. The highest BCUT2D eigenvalue weighted by molar-refractivity contribution is 7.52. The standard InChI is InChI=1S/C25H35FN7O7P/c1-14(2)38-22(35)15(3)32-41(36,40-16-10-8-7-9-11-16)37-12-17-19(34)25(4,26)23(39-17)33-13-29-18-20(27-5)30-24(28-6)31-21(18)33/h7-11,13-15,17,19,23,34H,12H2,1-6H3,(H,32,36)(H2,27,28,30,31)/t15-,17?,19+,23+,25+,41-/m0/s1. The van der Waals surface area contributed by atoms with Crippen LogP contribution in [0.2, 0.25) is 0 Å². The van der Waals surface area contributed by atoms with E-state index in [1.54, 1.807) is 58.3 Å². The molecule has 16 heteroatoms. The van der Waals surface area contributed by atoms with Crippen LogP contribution < -0.4 is 20.2 Å². The highest BCUT2D eigenvalue weighted by Crippen LogP contribution is 2.48. The van der Waals surface area contributed by atoms with Crippen LogP contribution in [0.1, 0.15) is 33.9 Å². The number of alkyl halides is 1. The highest BCUT2D eigenvalue weighted by Gasteiger charge is 2.56. The lowest BCUT2D eigenvalue weighted by molar-refractivity contribution is -0.149. The number of aliphatic hydroxyl groups excluding tert-OH is 1. The largest absolute Gasteiger partial charge is 0.462 e. The third-order valence-corrected chi connectivity index (χ3v) is 7.93. The maximum Gasteiger partial charge on any atom is 0.459 e. The SMILES string of the molecule is CNc1nc(NC)c2ncn([C@@H]3OC(CO[P@@](=O)(N[C@@H](C)C(=O)OC(C)C)Oc4ccccc4)[C@@H](O)[C@@]3(C)F)c2n1. The minimum atomic E-state index is -4.28. The van der Waals surface area contributed by atoms with Crippen LogP contribution in [0.15, 0.2) is 36.7 Å². The fourth-order valence-corrected chi connectivity index (χ4v) is 5.73. The zero-order chi connectivity index (χ0) is 29.9. The first kappa shape index (κ1) is 30.6. The molecular formula is C25H35FN7O7P. The van der Waals surface area contributed by atoms with Crippen LogP contribution in [0.5, 0.6) is 5.75 Å². The van der Waals surface area contributed by atoms with Gasteiger partial charge in [-0.2, -0.15) is 15.1 Å². The third-order valence-electron chi connectivity index (χ3n) is 6.29. The number of carbonyl (C=O) groups is 1. The number of fused-ring (bicyclic) bond motifs is 1. The molecule has 1 aliphatic rings. The number of ether oxygens (including phenoxy) is 2. The monoisotopic (exact) mass is 595 g/mol. The summed E-state index contributed by atoms with van der Waals surface area (Å²) in [5.74, 6) is 0.189. The lowest BCUT2D eigenvalue weighted by Crippen LogP contribution is -2.41. The van der Waals surface area contributed by atoms with Crippen molar-refractivity contribution in [3.05, 3.63) is 36.7 Å². The average molecular weight is 596 g/mol. The van der Waals surface area contributed by atoms with Gasteiger partial charge in [0.2, 0.25) is 5.95 Å². The van der Waals surface area contributed by atoms with Crippen molar-refractivity contribution in [3.63, 3.8) is 0 Å². The first-order valence-corrected chi connectivity index (χ1v) is 14.5. The van der Waals surface area contributed by atoms with Gasteiger partial charge in [-0.25, -0.2) is 13.9 Å². The van der Waals surface area contributed by atoms with E-state index in [9.17, 15) is 14.5 Å². The van der Waals surface area contributed by atoms with E-state index in [-0.39, 0.29) is 17.3 Å². The maximum atomic E-state index is 16.0. The molecule has 0 bridgehead atoms. The molecule has 1 aromatic carbocycles. The van der Waals surface area contributed by atoms with E-state index in [2.05, 4.69) is 30.7 Å². The molecule has 0 amide bonds. The number of halogens is 1. The van der Waals surface area contributed by atoms with Crippen molar-refractivity contribution < 1.29 is 37.4 Å². The van der Waals surface area contributed by atoms with Crippen molar-refractivity contribution in [1.82, 2.24) is 24.6 Å². The number of aromatic nitrogens is 4. The first-order chi connectivity index (χ1) is 19.4. The topological polar surface area (TPSA) is 171 Å². The predicted octanol–water partition coefficient (Wildman–Crippen LogP) is 3.03. The normalized spacial score (nSPS) is 24.7. The van der Waals surface area contributed by atoms with E-state index in [1.807, 2.05) is 0 Å². The number of esters is 1. The van der Waals surface area contributed by atoms with Crippen molar-refractivity contribution in [2.75, 3.05) is 31.3 Å². The van der Waals surface area contributed by atoms with Gasteiger partial charge in [0.1, 0.15) is 24.0 Å². The van der Waals surface area contributed by atoms with Gasteiger partial charge in [0, 0.05) is 14.1 Å². The summed E-state index contributed by atoms with van der Waals surface area (Å²) in [6, 6.07) is 7.09. The molecule has 224 valence electrons. The van der Waals surface area contributed by atoms with Crippen LogP contribution in [0.4, 0.5) is 16.2 Å². The van der Waals surface area contributed by atoms with E-state index < -0.39 is 56.6 Å². The van der Waals surface area contributed by atoms with E-state index in [0.717, 1.165) is 0 Å². The predicted molar refractivity (Wildman–Crippen MR) is 148 cm³/mol. The van der Waals surface area contributed by atoms with Gasteiger partial charge >= 0.3 is 13.7 Å². The lowest BCUT2D eigenvalue weighted by atomic mass is 9.98. The van der Waals surface area contributed by atoms with Crippen LogP contribution >= 0.6 is 7.75 Å². The molecule has 41 heavy (non-hydrogen) atoms. The lowest BCUT2D eigenvalue weighted by Gasteiger charge is -2.25. The Labute approximate surface area is 236 Å². The van der Waals surface area contributed by atoms with Crippen molar-refractivity contribution in [1.29, 1.82) is 0 Å². The molecule has 3 aromatic rings. The molecular weight excluding hydrogens is 560 g/mol. The number of para-hydroxylation sites is 1. The second-order valence-corrected chi connectivity index (χ2v) is 11.6. The molecule has 4 N–H and O–H groups in total. The van der Waals surface area contributed by atoms with Crippen molar-refractivity contribution in [3.8, 4) is 5.75 Å². The average Bonchev–Trinajstić information content (AvgIpc) is 3.44. The molecule has 4 rings (SSSR count). The number of aliphatic hydroxyl groups is 1. The quantitative estimate of drug-likeness (QED) is 0.178. The van der Waals surface area contributed by atoms with Crippen LogP contribution in [-0.2, 0) is 23.4 Å². The van der Waals surface area contributed by atoms with Gasteiger partial charge in [-0.15, -0.1) is 0 Å². The Bertz CT molecular complexity index is 1410. The summed E-state index contributed by atoms with van der Waals surface area (Å²) in [7, 11) is -0.978. The molecule has 0 aliphatic carbocycles. The number of rotatable bonds is 12. The zero-order valence-electron chi connectivity index (χ0n) is 23.6. The molecule has 1 saturated heterocycles. The number of nitrogens with one attached hydrogen (secondary N) is 3. The summed E-state index contributed by atoms with van der Waals surface area (Å²) in [6.45, 7) is 5.43. The highest BCUT2D eigenvalue weighted by atomic mass is 31.2. The number of imidazole rings is 1. The number of hydrogen-bond donors (Lipinski definition) is 4. The second kappa shape index (κ2) is 12.2. The number of benzene rings is 1. The Morgan fingerprint density at radius 2 is 1.93 bits per heavy atom. The minimum Gasteiger partial charge on any atom is -0.462 e. The van der Waals surface area contributed by atoms with Crippen molar-refractivity contribution >= 4 is 36.6 Å². The van der Waals surface area contributed by atoms with Gasteiger partial charge in [-0.3, -0.25) is 13.9 Å². The summed E-state index contributed by atoms with van der Waals surface area (Å²) < 4.78 is 53.5. The molecule has 3 heterocycles. The van der Waals surface area contributed by atoms with Crippen LogP contribution in [0.25, 0.3) is 11.2 Å². The van der Waals surface area contributed by atoms with Crippen LogP contribution in [0, 0.1) is 0 Å². The minimum absolute atomic E-state index is 0.194. The molecule has 2 aromatic heterocycles. The summed E-state index contributed by atoms with van der Waals surface area (Å²) >= 11 is 0. The molecule has 0 spiro atoms. The summed E-state index contributed by atoms with van der Waals surface area (Å²) in [6.07, 6.45) is -3.42. The smallest absolute Gasteiger partial charge is 0.459 e. The number of anilines is 2. The zero-order valence-corrected chi connectivity index (χ0v) is 24.5. The Balaban J connectivity index is 1.57. The summed E-state index contributed by atoms with van der Waals surface area (Å²) in [5.41, 5.74) is -1.71. The Morgan fingerprint density at radius 3 is 2.56 bits per heavy atom. The summed E-state index contributed by atoms with van der Waals surface area (Å²) in [4.78, 5) is 25.4. The second-order valence-electron chi connectivity index (χ2n) is 9.88. The van der Waals surface area contributed by atoms with Gasteiger partial charge < -0.3 is 29.7 Å². The number of hydrogen-bond acceptors (Lipinski definition) is 12. The molecule has 0 radical (unpaired) electrons. The molecule has 1 fully saturated rings. The van der Waals surface area contributed by atoms with Crippen LogP contribution in [-0.4, -0.2) is 81.3 Å². The van der Waals surface area contributed by atoms with Crippen LogP contribution in [0.3, 0.4) is 0 Å². The first-order valence-electron chi connectivity index (χ1n) is 13.0. The van der Waals surface area contributed by atoms with Crippen molar-refractivity contribution in [2.24, 2.45) is 0 Å². The number of carbonyl (C=O) groups excluding carboxylic acids is 1. The van der Waals surface area contributed by atoms with Gasteiger partial charge in [0.05, 0.1) is 19.0 Å².